The lowest BCUT2D eigenvalue weighted by molar-refractivity contribution is 1.11. The summed E-state index contributed by atoms with van der Waals surface area (Å²) in [6.45, 7) is 0. The molecule has 0 amide bonds. The van der Waals surface area contributed by atoms with Crippen molar-refractivity contribution < 1.29 is 0 Å². The zero-order valence-corrected chi connectivity index (χ0v) is 23.6. The Morgan fingerprint density at radius 1 is 0.525 bits per heavy atom. The first-order valence-electron chi connectivity index (χ1n) is 13.2. The molecule has 0 spiro atoms. The van der Waals surface area contributed by atoms with E-state index in [0.29, 0.717) is 0 Å². The number of benzene rings is 5. The Balaban J connectivity index is 1.32. The Morgan fingerprint density at radius 3 is 2.08 bits per heavy atom. The number of fused-ring (bicyclic) bond motifs is 8. The number of rotatable bonds is 3. The van der Waals surface area contributed by atoms with Crippen LogP contribution in [0.2, 0.25) is 0 Å². The lowest BCUT2D eigenvalue weighted by atomic mass is 10.0. The third-order valence-corrected chi connectivity index (χ3v) is 11.2. The van der Waals surface area contributed by atoms with Crippen LogP contribution in [-0.4, -0.2) is 9.55 Å². The molecular formula is C35H20N2S3. The number of nitrogens with zero attached hydrogens (tertiary/aromatic N) is 2. The zero-order chi connectivity index (χ0) is 26.2. The lowest BCUT2D eigenvalue weighted by Crippen LogP contribution is -1.95. The first-order valence-corrected chi connectivity index (χ1v) is 15.7. The highest BCUT2D eigenvalue weighted by Crippen LogP contribution is 2.50. The molecule has 0 bridgehead atoms. The fourth-order valence-electron chi connectivity index (χ4n) is 5.88. The van der Waals surface area contributed by atoms with E-state index in [-0.39, 0.29) is 0 Å². The van der Waals surface area contributed by atoms with E-state index in [1.54, 1.807) is 0 Å². The molecule has 0 aliphatic carbocycles. The van der Waals surface area contributed by atoms with Crippen LogP contribution in [0.5, 0.6) is 0 Å². The minimum Gasteiger partial charge on any atom is -0.292 e. The molecule has 0 atom stereocenters. The molecular weight excluding hydrogens is 545 g/mol. The van der Waals surface area contributed by atoms with Gasteiger partial charge in [0.2, 0.25) is 0 Å². The topological polar surface area (TPSA) is 17.8 Å². The van der Waals surface area contributed by atoms with Gasteiger partial charge in [-0.15, -0.1) is 34.0 Å². The Morgan fingerprint density at radius 2 is 1.20 bits per heavy atom. The second-order valence-electron chi connectivity index (χ2n) is 9.96. The summed E-state index contributed by atoms with van der Waals surface area (Å²) in [5.41, 5.74) is 4.57. The molecule has 5 heteroatoms. The maximum Gasteiger partial charge on any atom is 0.155 e. The molecule has 0 N–H and O–H groups in total. The normalized spacial score (nSPS) is 12.0. The van der Waals surface area contributed by atoms with Gasteiger partial charge < -0.3 is 0 Å². The second kappa shape index (κ2) is 8.60. The fraction of sp³-hybridized carbons (Fsp3) is 0. The average molecular weight is 565 g/mol. The van der Waals surface area contributed by atoms with Crippen LogP contribution in [0, 0.1) is 0 Å². The van der Waals surface area contributed by atoms with Crippen LogP contribution in [0.1, 0.15) is 0 Å². The van der Waals surface area contributed by atoms with Crippen LogP contribution in [0.25, 0.3) is 78.2 Å². The van der Waals surface area contributed by atoms with Gasteiger partial charge in [0, 0.05) is 56.5 Å². The Hall–Kier alpha value is -4.29. The first kappa shape index (κ1) is 22.5. The van der Waals surface area contributed by atoms with E-state index in [1.807, 2.05) is 34.0 Å². The summed E-state index contributed by atoms with van der Waals surface area (Å²) in [6.07, 6.45) is 0. The van der Waals surface area contributed by atoms with Gasteiger partial charge in [-0.2, -0.15) is 0 Å². The predicted molar refractivity (Wildman–Crippen MR) is 176 cm³/mol. The van der Waals surface area contributed by atoms with Crippen molar-refractivity contribution in [3.05, 3.63) is 121 Å². The number of hydrogen-bond acceptors (Lipinski definition) is 4. The van der Waals surface area contributed by atoms with E-state index in [9.17, 15) is 0 Å². The van der Waals surface area contributed by atoms with Crippen molar-refractivity contribution in [3.63, 3.8) is 0 Å². The number of para-hydroxylation sites is 3. The number of aromatic nitrogens is 2. The minimum absolute atomic E-state index is 0.985. The molecule has 188 valence electrons. The van der Waals surface area contributed by atoms with E-state index < -0.39 is 0 Å². The largest absolute Gasteiger partial charge is 0.292 e. The Kier molecular flexibility index (Phi) is 4.84. The maximum absolute atomic E-state index is 5.12. The summed E-state index contributed by atoms with van der Waals surface area (Å²) in [6, 6.07) is 43.6. The van der Waals surface area contributed by atoms with Crippen LogP contribution in [0.4, 0.5) is 0 Å². The number of thiophene rings is 3. The smallest absolute Gasteiger partial charge is 0.155 e. The molecule has 0 saturated carbocycles. The summed E-state index contributed by atoms with van der Waals surface area (Å²) in [5.74, 6) is 0.985. The van der Waals surface area contributed by atoms with Gasteiger partial charge in [0.15, 0.2) is 5.82 Å². The molecule has 4 aromatic heterocycles. The SMILES string of the molecule is c1ccc(-n2c(-c3ccc(-c4cc5c6ccccc6sc5c5c4sc4ccccc45)s3)nc3ccccc32)cc1. The standard InChI is InChI=1S/C35H20N2S3/c1-2-10-21(11-3-1)37-27-15-7-6-14-26(27)36-35(37)31-19-18-30(38-31)25-20-24-22-12-4-8-16-28(22)39-33(24)32-23-13-5-9-17-29(23)40-34(25)32/h1-20H. The third kappa shape index (κ3) is 3.23. The average Bonchev–Trinajstić information content (AvgIpc) is 3.79. The van der Waals surface area contributed by atoms with Gasteiger partial charge in [0.05, 0.1) is 15.9 Å². The van der Waals surface area contributed by atoms with Crippen LogP contribution in [0.3, 0.4) is 0 Å². The van der Waals surface area contributed by atoms with Gasteiger partial charge in [-0.3, -0.25) is 4.57 Å². The van der Waals surface area contributed by atoms with Gasteiger partial charge in [-0.25, -0.2) is 4.98 Å². The van der Waals surface area contributed by atoms with E-state index in [1.165, 1.54) is 55.7 Å². The van der Waals surface area contributed by atoms with Gasteiger partial charge in [-0.1, -0.05) is 66.7 Å². The summed E-state index contributed by atoms with van der Waals surface area (Å²) in [4.78, 5) is 7.56. The highest BCUT2D eigenvalue weighted by molar-refractivity contribution is 7.30. The molecule has 0 unspecified atom stereocenters. The second-order valence-corrected chi connectivity index (χ2v) is 13.1. The summed E-state index contributed by atoms with van der Waals surface area (Å²) in [5, 5.41) is 5.42. The van der Waals surface area contributed by atoms with Crippen molar-refractivity contribution in [2.45, 2.75) is 0 Å². The van der Waals surface area contributed by atoms with Gasteiger partial charge in [0.25, 0.3) is 0 Å². The maximum atomic E-state index is 5.12. The van der Waals surface area contributed by atoms with Crippen molar-refractivity contribution in [1.82, 2.24) is 9.55 Å². The molecule has 0 radical (unpaired) electrons. The lowest BCUT2D eigenvalue weighted by Gasteiger charge is -2.08. The molecule has 0 aliphatic heterocycles. The van der Waals surface area contributed by atoms with E-state index in [2.05, 4.69) is 126 Å². The van der Waals surface area contributed by atoms with Crippen LogP contribution >= 0.6 is 34.0 Å². The Bertz CT molecular complexity index is 2380. The molecule has 40 heavy (non-hydrogen) atoms. The van der Waals surface area contributed by atoms with Gasteiger partial charge >= 0.3 is 0 Å². The van der Waals surface area contributed by atoms with Gasteiger partial charge in [0.1, 0.15) is 0 Å². The molecule has 9 aromatic rings. The predicted octanol–water partition coefficient (Wildman–Crippen LogP) is 11.2. The Labute approximate surface area is 242 Å². The third-order valence-electron chi connectivity index (χ3n) is 7.66. The first-order chi connectivity index (χ1) is 19.8. The zero-order valence-electron chi connectivity index (χ0n) is 21.2. The minimum atomic E-state index is 0.985. The van der Waals surface area contributed by atoms with Gasteiger partial charge in [-0.05, 0) is 54.6 Å². The van der Waals surface area contributed by atoms with Crippen molar-refractivity contribution in [3.8, 4) is 26.8 Å². The van der Waals surface area contributed by atoms with E-state index >= 15 is 0 Å². The monoisotopic (exact) mass is 564 g/mol. The van der Waals surface area contributed by atoms with Crippen LogP contribution in [0.15, 0.2) is 121 Å². The van der Waals surface area contributed by atoms with Crippen molar-refractivity contribution in [2.24, 2.45) is 0 Å². The molecule has 2 nitrogen and oxygen atoms in total. The van der Waals surface area contributed by atoms with E-state index in [4.69, 9.17) is 4.98 Å². The van der Waals surface area contributed by atoms with Crippen molar-refractivity contribution >= 4 is 85.4 Å². The van der Waals surface area contributed by atoms with Crippen molar-refractivity contribution in [2.75, 3.05) is 0 Å². The summed E-state index contributed by atoms with van der Waals surface area (Å²) in [7, 11) is 0. The fourth-order valence-corrected chi connectivity index (χ4v) is 9.50. The molecule has 0 saturated heterocycles. The molecule has 9 rings (SSSR count). The van der Waals surface area contributed by atoms with E-state index in [0.717, 1.165) is 22.5 Å². The quantitative estimate of drug-likeness (QED) is 0.209. The summed E-state index contributed by atoms with van der Waals surface area (Å²) < 4.78 is 7.72. The summed E-state index contributed by atoms with van der Waals surface area (Å²) >= 11 is 5.66. The number of hydrogen-bond donors (Lipinski definition) is 0. The van der Waals surface area contributed by atoms with Crippen molar-refractivity contribution in [1.29, 1.82) is 0 Å². The molecule has 0 fully saturated rings. The van der Waals surface area contributed by atoms with Crippen LogP contribution < -0.4 is 0 Å². The molecule has 4 heterocycles. The number of imidazole rings is 1. The highest BCUT2D eigenvalue weighted by Gasteiger charge is 2.20. The highest BCUT2D eigenvalue weighted by atomic mass is 32.1. The van der Waals surface area contributed by atoms with Crippen LogP contribution in [-0.2, 0) is 0 Å². The molecule has 5 aromatic carbocycles. The molecule has 0 aliphatic rings.